The van der Waals surface area contributed by atoms with Gasteiger partial charge in [-0.3, -0.25) is 9.59 Å². The van der Waals surface area contributed by atoms with Crippen molar-refractivity contribution < 1.29 is 9.59 Å². The highest BCUT2D eigenvalue weighted by atomic mass is 16.2. The van der Waals surface area contributed by atoms with E-state index in [1.54, 1.807) is 7.05 Å². The molecule has 20 heavy (non-hydrogen) atoms. The summed E-state index contributed by atoms with van der Waals surface area (Å²) in [6.07, 6.45) is 3.33. The van der Waals surface area contributed by atoms with Crippen LogP contribution >= 0.6 is 0 Å². The molecule has 1 aromatic rings. The molecule has 108 valence electrons. The zero-order valence-electron chi connectivity index (χ0n) is 11.7. The van der Waals surface area contributed by atoms with E-state index in [2.05, 4.69) is 16.0 Å². The van der Waals surface area contributed by atoms with Gasteiger partial charge in [0.1, 0.15) is 0 Å². The molecule has 0 aromatic heterocycles. The number of piperidine rings is 1. The third-order valence-electron chi connectivity index (χ3n) is 3.53. The van der Waals surface area contributed by atoms with Crippen LogP contribution in [0.3, 0.4) is 0 Å². The maximum absolute atomic E-state index is 12.2. The highest BCUT2D eigenvalue weighted by Gasteiger charge is 2.21. The van der Waals surface area contributed by atoms with Gasteiger partial charge in [-0.25, -0.2) is 0 Å². The topological polar surface area (TPSA) is 70.2 Å². The fourth-order valence-corrected chi connectivity index (χ4v) is 2.35. The number of carbonyl (C=O) groups excluding carboxylic acids is 2. The van der Waals surface area contributed by atoms with Gasteiger partial charge < -0.3 is 16.0 Å². The lowest BCUT2D eigenvalue weighted by Crippen LogP contribution is -2.43. The van der Waals surface area contributed by atoms with Gasteiger partial charge in [-0.15, -0.1) is 0 Å². The molecule has 1 aliphatic heterocycles. The Hall–Kier alpha value is -1.88. The molecule has 1 heterocycles. The Morgan fingerprint density at radius 3 is 2.80 bits per heavy atom. The summed E-state index contributed by atoms with van der Waals surface area (Å²) in [4.78, 5) is 23.7. The van der Waals surface area contributed by atoms with Gasteiger partial charge in [-0.1, -0.05) is 24.6 Å². The highest BCUT2D eigenvalue weighted by Crippen LogP contribution is 2.17. The summed E-state index contributed by atoms with van der Waals surface area (Å²) in [5.41, 5.74) is 1.55. The van der Waals surface area contributed by atoms with Gasteiger partial charge in [-0.05, 0) is 31.0 Å². The van der Waals surface area contributed by atoms with Gasteiger partial charge in [0.2, 0.25) is 11.8 Å². The summed E-state index contributed by atoms with van der Waals surface area (Å²) in [6.45, 7) is 0.887. The fourth-order valence-electron chi connectivity index (χ4n) is 2.35. The summed E-state index contributed by atoms with van der Waals surface area (Å²) >= 11 is 0. The minimum absolute atomic E-state index is 0.0194. The van der Waals surface area contributed by atoms with Crippen LogP contribution in [0.4, 0.5) is 5.69 Å². The summed E-state index contributed by atoms with van der Waals surface area (Å²) in [7, 11) is 1.61. The first-order chi connectivity index (χ1) is 9.70. The number of carbonyl (C=O) groups is 2. The van der Waals surface area contributed by atoms with Crippen molar-refractivity contribution >= 4 is 17.5 Å². The molecule has 2 rings (SSSR count). The van der Waals surface area contributed by atoms with E-state index in [0.717, 1.165) is 31.4 Å². The molecule has 3 N–H and O–H groups in total. The molecule has 5 nitrogen and oxygen atoms in total. The molecule has 1 fully saturated rings. The third kappa shape index (κ3) is 3.81. The van der Waals surface area contributed by atoms with Crippen LogP contribution in [-0.4, -0.2) is 31.4 Å². The van der Waals surface area contributed by atoms with E-state index in [0.29, 0.717) is 5.69 Å². The Labute approximate surface area is 119 Å². The zero-order chi connectivity index (χ0) is 14.4. The van der Waals surface area contributed by atoms with E-state index in [1.165, 1.54) is 0 Å². The number of amides is 2. The minimum Gasteiger partial charge on any atom is -0.359 e. The second-order valence-corrected chi connectivity index (χ2v) is 5.00. The average molecular weight is 275 g/mol. The van der Waals surface area contributed by atoms with Gasteiger partial charge in [0, 0.05) is 12.7 Å². The number of rotatable bonds is 4. The number of likely N-dealkylation sites (N-methyl/N-ethyl adjacent to an activating group) is 1. The van der Waals surface area contributed by atoms with Crippen molar-refractivity contribution in [3.8, 4) is 0 Å². The van der Waals surface area contributed by atoms with Crippen LogP contribution in [0.2, 0.25) is 0 Å². The van der Waals surface area contributed by atoms with Crippen LogP contribution in [0.15, 0.2) is 24.3 Å². The monoisotopic (exact) mass is 275 g/mol. The number of anilines is 1. The van der Waals surface area contributed by atoms with Gasteiger partial charge in [-0.2, -0.15) is 0 Å². The van der Waals surface area contributed by atoms with Crippen molar-refractivity contribution in [1.82, 2.24) is 10.6 Å². The molecule has 1 aliphatic rings. The van der Waals surface area contributed by atoms with Crippen LogP contribution < -0.4 is 16.0 Å². The second kappa shape index (κ2) is 7.05. The Kier molecular flexibility index (Phi) is 5.12. The first-order valence-electron chi connectivity index (χ1n) is 7.03. The maximum Gasteiger partial charge on any atom is 0.241 e. The van der Waals surface area contributed by atoms with Crippen LogP contribution in [-0.2, 0) is 16.0 Å². The van der Waals surface area contributed by atoms with E-state index < -0.39 is 0 Å². The molecule has 0 unspecified atom stereocenters. The predicted molar refractivity (Wildman–Crippen MR) is 78.5 cm³/mol. The van der Waals surface area contributed by atoms with E-state index >= 15 is 0 Å². The number of para-hydroxylation sites is 1. The number of hydrogen-bond acceptors (Lipinski definition) is 3. The standard InChI is InChI=1S/C15H21N3O2/c1-16-14(19)10-11-6-2-3-7-12(11)18-15(20)13-8-4-5-9-17-13/h2-3,6-7,13,17H,4-5,8-10H2,1H3,(H,16,19)(H,18,20)/t13-/m0/s1. The first-order valence-corrected chi connectivity index (χ1v) is 7.03. The van der Waals surface area contributed by atoms with E-state index in [-0.39, 0.29) is 24.3 Å². The molecular formula is C15H21N3O2. The Bertz CT molecular complexity index is 482. The van der Waals surface area contributed by atoms with Crippen molar-refractivity contribution in [1.29, 1.82) is 0 Å². The molecule has 2 amide bonds. The van der Waals surface area contributed by atoms with Crippen LogP contribution in [0.1, 0.15) is 24.8 Å². The number of hydrogen-bond donors (Lipinski definition) is 3. The van der Waals surface area contributed by atoms with Gasteiger partial charge in [0.25, 0.3) is 0 Å². The molecule has 1 atom stereocenters. The second-order valence-electron chi connectivity index (χ2n) is 5.00. The van der Waals surface area contributed by atoms with Crippen molar-refractivity contribution in [3.63, 3.8) is 0 Å². The largest absolute Gasteiger partial charge is 0.359 e. The quantitative estimate of drug-likeness (QED) is 0.769. The predicted octanol–water partition coefficient (Wildman–Crippen LogP) is 1.06. The molecule has 5 heteroatoms. The molecule has 1 saturated heterocycles. The van der Waals surface area contributed by atoms with Gasteiger partial charge in [0.05, 0.1) is 12.5 Å². The SMILES string of the molecule is CNC(=O)Cc1ccccc1NC(=O)[C@@H]1CCCCN1. The zero-order valence-corrected chi connectivity index (χ0v) is 11.7. The summed E-state index contributed by atoms with van der Waals surface area (Å²) in [6, 6.07) is 7.29. The average Bonchev–Trinajstić information content (AvgIpc) is 2.50. The highest BCUT2D eigenvalue weighted by molar-refractivity contribution is 5.96. The van der Waals surface area contributed by atoms with Gasteiger partial charge >= 0.3 is 0 Å². The molecule has 0 aliphatic carbocycles. The van der Waals surface area contributed by atoms with E-state index in [4.69, 9.17) is 0 Å². The minimum atomic E-state index is -0.128. The van der Waals surface area contributed by atoms with Crippen molar-refractivity contribution in [2.24, 2.45) is 0 Å². The van der Waals surface area contributed by atoms with Gasteiger partial charge in [0.15, 0.2) is 0 Å². The Balaban J connectivity index is 2.04. The fraction of sp³-hybridized carbons (Fsp3) is 0.467. The lowest BCUT2D eigenvalue weighted by molar-refractivity contribution is -0.120. The number of benzene rings is 1. The normalized spacial score (nSPS) is 18.4. The molecule has 0 saturated carbocycles. The van der Waals surface area contributed by atoms with Crippen molar-refractivity contribution in [2.45, 2.75) is 31.7 Å². The molecule has 0 radical (unpaired) electrons. The van der Waals surface area contributed by atoms with Crippen LogP contribution in [0.5, 0.6) is 0 Å². The molecular weight excluding hydrogens is 254 g/mol. The Morgan fingerprint density at radius 1 is 1.30 bits per heavy atom. The smallest absolute Gasteiger partial charge is 0.241 e. The van der Waals surface area contributed by atoms with Crippen molar-refractivity contribution in [3.05, 3.63) is 29.8 Å². The third-order valence-corrected chi connectivity index (χ3v) is 3.53. The Morgan fingerprint density at radius 2 is 2.10 bits per heavy atom. The lowest BCUT2D eigenvalue weighted by Gasteiger charge is -2.23. The van der Waals surface area contributed by atoms with E-state index in [9.17, 15) is 9.59 Å². The lowest BCUT2D eigenvalue weighted by atomic mass is 10.0. The van der Waals surface area contributed by atoms with Crippen molar-refractivity contribution in [2.75, 3.05) is 18.9 Å². The molecule has 1 aromatic carbocycles. The van der Waals surface area contributed by atoms with E-state index in [1.807, 2.05) is 24.3 Å². The number of nitrogens with one attached hydrogen (secondary N) is 3. The molecule has 0 spiro atoms. The summed E-state index contributed by atoms with van der Waals surface area (Å²) < 4.78 is 0. The molecule has 0 bridgehead atoms. The van der Waals surface area contributed by atoms with Crippen LogP contribution in [0.25, 0.3) is 0 Å². The summed E-state index contributed by atoms with van der Waals surface area (Å²) in [5.74, 6) is -0.0865. The maximum atomic E-state index is 12.2. The van der Waals surface area contributed by atoms with Crippen LogP contribution in [0, 0.1) is 0 Å². The summed E-state index contributed by atoms with van der Waals surface area (Å²) in [5, 5.41) is 8.74. The first kappa shape index (κ1) is 14.5.